The van der Waals surface area contributed by atoms with Crippen molar-refractivity contribution in [2.24, 2.45) is 0 Å². The standard InChI is InChI=1S/C19H24N4O/c1-11-8-16(18-17(9-11)12(2)13(3)22-18)10-21-19(24)14(4)23-7-6-20-15(23)5/h6-9,14,22H,10H2,1-5H3,(H,21,24)/t14-/m1/s1. The summed E-state index contributed by atoms with van der Waals surface area (Å²) in [7, 11) is 0. The number of hydrogen-bond donors (Lipinski definition) is 2. The molecule has 126 valence electrons. The SMILES string of the molecule is Cc1cc(CNC(=O)[C@@H](C)n2ccnc2C)c2[nH]c(C)c(C)c2c1. The quantitative estimate of drug-likeness (QED) is 0.772. The Hall–Kier alpha value is -2.56. The molecule has 0 fully saturated rings. The molecule has 0 aliphatic carbocycles. The van der Waals surface area contributed by atoms with Gasteiger partial charge >= 0.3 is 0 Å². The highest BCUT2D eigenvalue weighted by molar-refractivity contribution is 5.88. The molecule has 0 bridgehead atoms. The second kappa shape index (κ2) is 6.15. The summed E-state index contributed by atoms with van der Waals surface area (Å²) in [5.74, 6) is 0.831. The van der Waals surface area contributed by atoms with Crippen molar-refractivity contribution in [2.45, 2.75) is 47.2 Å². The number of aryl methyl sites for hydroxylation is 4. The van der Waals surface area contributed by atoms with E-state index in [9.17, 15) is 4.79 Å². The van der Waals surface area contributed by atoms with Gasteiger partial charge in [-0.05, 0) is 51.8 Å². The Balaban J connectivity index is 1.82. The van der Waals surface area contributed by atoms with Gasteiger partial charge in [-0.1, -0.05) is 11.6 Å². The molecule has 2 N–H and O–H groups in total. The second-order valence-corrected chi connectivity index (χ2v) is 6.50. The molecule has 0 spiro atoms. The third-order valence-corrected chi connectivity index (χ3v) is 4.76. The molecular weight excluding hydrogens is 300 g/mol. The van der Waals surface area contributed by atoms with Crippen molar-refractivity contribution in [3.63, 3.8) is 0 Å². The third-order valence-electron chi connectivity index (χ3n) is 4.76. The molecule has 1 aromatic carbocycles. The van der Waals surface area contributed by atoms with Crippen LogP contribution in [0.15, 0.2) is 24.5 Å². The molecular formula is C19H24N4O. The second-order valence-electron chi connectivity index (χ2n) is 6.50. The van der Waals surface area contributed by atoms with Gasteiger partial charge in [-0.3, -0.25) is 4.79 Å². The van der Waals surface area contributed by atoms with Gasteiger partial charge in [-0.2, -0.15) is 0 Å². The Kier molecular flexibility index (Phi) is 4.18. The summed E-state index contributed by atoms with van der Waals surface area (Å²) in [6, 6.07) is 4.04. The van der Waals surface area contributed by atoms with Gasteiger partial charge in [0.2, 0.25) is 5.91 Å². The van der Waals surface area contributed by atoms with Crippen LogP contribution in [0.4, 0.5) is 0 Å². The fraction of sp³-hybridized carbons (Fsp3) is 0.368. The maximum atomic E-state index is 12.5. The number of imidazole rings is 1. The monoisotopic (exact) mass is 324 g/mol. The maximum absolute atomic E-state index is 12.5. The average molecular weight is 324 g/mol. The van der Waals surface area contributed by atoms with E-state index < -0.39 is 0 Å². The number of nitrogens with zero attached hydrogens (tertiary/aromatic N) is 2. The van der Waals surface area contributed by atoms with Gasteiger partial charge in [0.15, 0.2) is 0 Å². The van der Waals surface area contributed by atoms with Crippen molar-refractivity contribution in [1.29, 1.82) is 0 Å². The summed E-state index contributed by atoms with van der Waals surface area (Å²) < 4.78 is 1.88. The number of nitrogens with one attached hydrogen (secondary N) is 2. The lowest BCUT2D eigenvalue weighted by Crippen LogP contribution is -2.30. The minimum absolute atomic E-state index is 0.00856. The molecule has 5 nitrogen and oxygen atoms in total. The molecule has 5 heteroatoms. The topological polar surface area (TPSA) is 62.7 Å². The normalized spacial score (nSPS) is 12.5. The van der Waals surface area contributed by atoms with Crippen LogP contribution in [-0.2, 0) is 11.3 Å². The molecule has 0 saturated carbocycles. The number of carbonyl (C=O) groups excluding carboxylic acids is 1. The van der Waals surface area contributed by atoms with Gasteiger partial charge in [0.1, 0.15) is 11.9 Å². The molecule has 0 saturated heterocycles. The van der Waals surface area contributed by atoms with E-state index in [1.165, 1.54) is 22.2 Å². The summed E-state index contributed by atoms with van der Waals surface area (Å²) in [5, 5.41) is 4.29. The highest BCUT2D eigenvalue weighted by atomic mass is 16.2. The maximum Gasteiger partial charge on any atom is 0.243 e. The molecule has 2 aromatic heterocycles. The van der Waals surface area contributed by atoms with Crippen LogP contribution in [0.1, 0.15) is 41.2 Å². The predicted octanol–water partition coefficient (Wildman–Crippen LogP) is 3.48. The van der Waals surface area contributed by atoms with Gasteiger partial charge in [-0.15, -0.1) is 0 Å². The molecule has 0 radical (unpaired) electrons. The van der Waals surface area contributed by atoms with Crippen molar-refractivity contribution >= 4 is 16.8 Å². The van der Waals surface area contributed by atoms with E-state index in [4.69, 9.17) is 0 Å². The Labute approximate surface area is 142 Å². The van der Waals surface area contributed by atoms with Crippen LogP contribution >= 0.6 is 0 Å². The molecule has 3 rings (SSSR count). The van der Waals surface area contributed by atoms with Crippen LogP contribution in [0, 0.1) is 27.7 Å². The first-order chi connectivity index (χ1) is 11.4. The minimum atomic E-state index is -0.278. The smallest absolute Gasteiger partial charge is 0.243 e. The lowest BCUT2D eigenvalue weighted by Gasteiger charge is -2.15. The zero-order chi connectivity index (χ0) is 17.4. The molecule has 24 heavy (non-hydrogen) atoms. The average Bonchev–Trinajstić information content (AvgIpc) is 3.09. The number of fused-ring (bicyclic) bond motifs is 1. The van der Waals surface area contributed by atoms with Crippen molar-refractivity contribution in [3.05, 3.63) is 52.7 Å². The van der Waals surface area contributed by atoms with Crippen LogP contribution in [0.2, 0.25) is 0 Å². The fourth-order valence-electron chi connectivity index (χ4n) is 3.18. The van der Waals surface area contributed by atoms with Crippen LogP contribution in [0.5, 0.6) is 0 Å². The first-order valence-corrected chi connectivity index (χ1v) is 8.24. The number of hydrogen-bond acceptors (Lipinski definition) is 2. The summed E-state index contributed by atoms with van der Waals surface area (Å²) in [4.78, 5) is 20.1. The van der Waals surface area contributed by atoms with Crippen molar-refractivity contribution in [1.82, 2.24) is 19.9 Å². The third kappa shape index (κ3) is 2.82. The zero-order valence-electron chi connectivity index (χ0n) is 14.9. The molecule has 0 aliphatic heterocycles. The van der Waals surface area contributed by atoms with Gasteiger partial charge < -0.3 is 14.9 Å². The number of aromatic amines is 1. The Bertz CT molecular complexity index is 904. The van der Waals surface area contributed by atoms with Crippen LogP contribution in [0.3, 0.4) is 0 Å². The highest BCUT2D eigenvalue weighted by Gasteiger charge is 2.17. The van der Waals surface area contributed by atoms with Crippen LogP contribution < -0.4 is 5.32 Å². The van der Waals surface area contributed by atoms with Crippen LogP contribution in [0.25, 0.3) is 10.9 Å². The number of amides is 1. The first kappa shape index (κ1) is 16.3. The van der Waals surface area contributed by atoms with E-state index in [0.29, 0.717) is 6.54 Å². The number of aromatic nitrogens is 3. The number of H-pyrrole nitrogens is 1. The van der Waals surface area contributed by atoms with Gasteiger partial charge in [0, 0.05) is 30.0 Å². The Morgan fingerprint density at radius 3 is 2.71 bits per heavy atom. The van der Waals surface area contributed by atoms with E-state index in [2.05, 4.69) is 48.2 Å². The molecule has 1 amide bonds. The largest absolute Gasteiger partial charge is 0.358 e. The molecule has 0 unspecified atom stereocenters. The zero-order valence-corrected chi connectivity index (χ0v) is 14.9. The lowest BCUT2D eigenvalue weighted by molar-refractivity contribution is -0.124. The van der Waals surface area contributed by atoms with E-state index in [-0.39, 0.29) is 11.9 Å². The van der Waals surface area contributed by atoms with Crippen LogP contribution in [-0.4, -0.2) is 20.4 Å². The van der Waals surface area contributed by atoms with Crippen molar-refractivity contribution in [3.8, 4) is 0 Å². The Morgan fingerprint density at radius 2 is 2.04 bits per heavy atom. The summed E-state index contributed by atoms with van der Waals surface area (Å²) >= 11 is 0. The molecule has 3 aromatic rings. The van der Waals surface area contributed by atoms with Gasteiger partial charge in [0.05, 0.1) is 5.52 Å². The molecule has 0 aliphatic rings. The summed E-state index contributed by atoms with van der Waals surface area (Å²) in [6.45, 7) is 10.6. The van der Waals surface area contributed by atoms with Crippen molar-refractivity contribution < 1.29 is 4.79 Å². The van der Waals surface area contributed by atoms with Crippen molar-refractivity contribution in [2.75, 3.05) is 0 Å². The minimum Gasteiger partial charge on any atom is -0.358 e. The van der Waals surface area contributed by atoms with Gasteiger partial charge in [0.25, 0.3) is 0 Å². The first-order valence-electron chi connectivity index (χ1n) is 8.24. The number of carbonyl (C=O) groups is 1. The number of rotatable bonds is 4. The Morgan fingerprint density at radius 1 is 1.29 bits per heavy atom. The predicted molar refractivity (Wildman–Crippen MR) is 96.0 cm³/mol. The lowest BCUT2D eigenvalue weighted by atomic mass is 10.0. The van der Waals surface area contributed by atoms with Gasteiger partial charge in [-0.25, -0.2) is 4.98 Å². The molecule has 2 heterocycles. The fourth-order valence-corrected chi connectivity index (χ4v) is 3.18. The summed E-state index contributed by atoms with van der Waals surface area (Å²) in [6.07, 6.45) is 3.55. The van der Waals surface area contributed by atoms with E-state index in [0.717, 1.165) is 16.9 Å². The number of benzene rings is 1. The van der Waals surface area contributed by atoms with E-state index >= 15 is 0 Å². The summed E-state index contributed by atoms with van der Waals surface area (Å²) in [5.41, 5.74) is 5.87. The molecule has 1 atom stereocenters. The highest BCUT2D eigenvalue weighted by Crippen LogP contribution is 2.26. The van der Waals surface area contributed by atoms with E-state index in [1.807, 2.05) is 24.6 Å². The van der Waals surface area contributed by atoms with E-state index in [1.54, 1.807) is 6.20 Å².